The Kier molecular flexibility index (Phi) is 6.41. The number of carbonyl (C=O) groups is 2. The monoisotopic (exact) mass is 385 g/mol. The quantitative estimate of drug-likeness (QED) is 0.571. The molecule has 1 saturated heterocycles. The predicted octanol–water partition coefficient (Wildman–Crippen LogP) is 1.51. The van der Waals surface area contributed by atoms with Gasteiger partial charge in [0.25, 0.3) is 0 Å². The van der Waals surface area contributed by atoms with E-state index in [1.165, 1.54) is 7.11 Å². The molecule has 1 aromatic carbocycles. The van der Waals surface area contributed by atoms with E-state index in [1.807, 2.05) is 38.1 Å². The van der Waals surface area contributed by atoms with Crippen LogP contribution in [0, 0.1) is 5.92 Å². The maximum Gasteiger partial charge on any atom is 0.328 e. The van der Waals surface area contributed by atoms with Crippen LogP contribution in [0.2, 0.25) is 0 Å². The fourth-order valence-electron chi connectivity index (χ4n) is 3.30. The molecular formula is C20H27N5O3. The summed E-state index contributed by atoms with van der Waals surface area (Å²) in [5.74, 6) is 1.05. The van der Waals surface area contributed by atoms with Gasteiger partial charge in [0.15, 0.2) is 0 Å². The third-order valence-electron chi connectivity index (χ3n) is 4.98. The number of esters is 1. The van der Waals surface area contributed by atoms with Crippen molar-refractivity contribution in [1.82, 2.24) is 19.8 Å². The van der Waals surface area contributed by atoms with Crippen molar-refractivity contribution in [3.8, 4) is 0 Å². The second kappa shape index (κ2) is 8.97. The predicted molar refractivity (Wildman–Crippen MR) is 107 cm³/mol. The van der Waals surface area contributed by atoms with E-state index in [-0.39, 0.29) is 11.9 Å². The molecule has 2 aromatic rings. The number of benzene rings is 1. The van der Waals surface area contributed by atoms with Crippen LogP contribution in [0.15, 0.2) is 24.3 Å². The highest BCUT2D eigenvalue weighted by Gasteiger charge is 2.25. The topological polar surface area (TPSA) is 87.7 Å². The van der Waals surface area contributed by atoms with Gasteiger partial charge in [0.2, 0.25) is 6.41 Å². The molecule has 1 aliphatic rings. The normalized spacial score (nSPS) is 16.2. The van der Waals surface area contributed by atoms with Gasteiger partial charge in [-0.05, 0) is 18.1 Å². The molecule has 0 radical (unpaired) electrons. The van der Waals surface area contributed by atoms with E-state index in [4.69, 9.17) is 14.7 Å². The minimum atomic E-state index is -0.493. The lowest BCUT2D eigenvalue weighted by molar-refractivity contribution is -0.142. The van der Waals surface area contributed by atoms with Gasteiger partial charge in [0, 0.05) is 31.6 Å². The van der Waals surface area contributed by atoms with Gasteiger partial charge in [-0.2, -0.15) is 0 Å². The SMILES string of the molecule is COC(=O)C(Nc1nc(CN2CCN(C=O)CC2)nc2ccccc12)C(C)C. The number of ether oxygens (including phenoxy) is 1. The number of hydrogen-bond acceptors (Lipinski definition) is 7. The number of piperazine rings is 1. The fourth-order valence-corrected chi connectivity index (χ4v) is 3.30. The summed E-state index contributed by atoms with van der Waals surface area (Å²) >= 11 is 0. The fraction of sp³-hybridized carbons (Fsp3) is 0.500. The molecule has 8 heteroatoms. The van der Waals surface area contributed by atoms with Crippen LogP contribution in [0.4, 0.5) is 5.82 Å². The largest absolute Gasteiger partial charge is 0.467 e. The molecule has 0 saturated carbocycles. The highest BCUT2D eigenvalue weighted by molar-refractivity contribution is 5.91. The van der Waals surface area contributed by atoms with Gasteiger partial charge in [-0.25, -0.2) is 14.8 Å². The molecule has 0 aliphatic carbocycles. The van der Waals surface area contributed by atoms with Crippen LogP contribution in [0.25, 0.3) is 10.9 Å². The smallest absolute Gasteiger partial charge is 0.328 e. The zero-order valence-electron chi connectivity index (χ0n) is 16.6. The number of methoxy groups -OCH3 is 1. The molecule has 150 valence electrons. The van der Waals surface area contributed by atoms with Crippen LogP contribution in [-0.2, 0) is 20.9 Å². The van der Waals surface area contributed by atoms with E-state index in [0.717, 1.165) is 30.4 Å². The number of nitrogens with zero attached hydrogens (tertiary/aromatic N) is 4. The Morgan fingerprint density at radius 2 is 1.93 bits per heavy atom. The van der Waals surface area contributed by atoms with Crippen molar-refractivity contribution in [1.29, 1.82) is 0 Å². The van der Waals surface area contributed by atoms with Crippen LogP contribution in [0.3, 0.4) is 0 Å². The first kappa shape index (κ1) is 20.0. The molecular weight excluding hydrogens is 358 g/mol. The maximum absolute atomic E-state index is 12.2. The summed E-state index contributed by atoms with van der Waals surface area (Å²) in [4.78, 5) is 36.5. The summed E-state index contributed by atoms with van der Waals surface area (Å²) in [7, 11) is 1.39. The molecule has 3 rings (SSSR count). The number of hydrogen-bond donors (Lipinski definition) is 1. The summed E-state index contributed by atoms with van der Waals surface area (Å²) in [5, 5.41) is 4.13. The molecule has 1 aliphatic heterocycles. The number of para-hydroxylation sites is 1. The molecule has 1 atom stereocenters. The zero-order chi connectivity index (χ0) is 20.1. The molecule has 1 unspecified atom stereocenters. The molecule has 1 aromatic heterocycles. The molecule has 0 bridgehead atoms. The number of anilines is 1. The van der Waals surface area contributed by atoms with E-state index < -0.39 is 6.04 Å². The standard InChI is InChI=1S/C20H27N5O3/c1-14(2)18(20(27)28-3)23-19-15-6-4-5-7-16(15)21-17(22-19)12-24-8-10-25(13-26)11-9-24/h4-7,13-14,18H,8-12H2,1-3H3,(H,21,22,23). The summed E-state index contributed by atoms with van der Waals surface area (Å²) < 4.78 is 4.94. The third-order valence-corrected chi connectivity index (χ3v) is 4.98. The first-order valence-electron chi connectivity index (χ1n) is 9.53. The van der Waals surface area contributed by atoms with Crippen molar-refractivity contribution in [2.24, 2.45) is 5.92 Å². The molecule has 0 spiro atoms. The van der Waals surface area contributed by atoms with E-state index in [1.54, 1.807) is 4.90 Å². The van der Waals surface area contributed by atoms with E-state index >= 15 is 0 Å². The van der Waals surface area contributed by atoms with Gasteiger partial charge < -0.3 is 15.0 Å². The number of rotatable bonds is 7. The van der Waals surface area contributed by atoms with Gasteiger partial charge >= 0.3 is 5.97 Å². The number of fused-ring (bicyclic) bond motifs is 1. The second-order valence-electron chi connectivity index (χ2n) is 7.31. The van der Waals surface area contributed by atoms with Crippen LogP contribution < -0.4 is 5.32 Å². The van der Waals surface area contributed by atoms with Crippen LogP contribution >= 0.6 is 0 Å². The number of carbonyl (C=O) groups excluding carboxylic acids is 2. The zero-order valence-corrected chi connectivity index (χ0v) is 16.6. The Hall–Kier alpha value is -2.74. The van der Waals surface area contributed by atoms with Gasteiger partial charge in [-0.1, -0.05) is 26.0 Å². The van der Waals surface area contributed by atoms with Crippen molar-refractivity contribution >= 4 is 29.1 Å². The average Bonchev–Trinajstić information content (AvgIpc) is 2.71. The Labute approximate surface area is 164 Å². The Bertz CT molecular complexity index is 834. The molecule has 2 heterocycles. The minimum absolute atomic E-state index is 0.0426. The summed E-state index contributed by atoms with van der Waals surface area (Å²) in [6.45, 7) is 7.51. The summed E-state index contributed by atoms with van der Waals surface area (Å²) in [5.41, 5.74) is 0.828. The minimum Gasteiger partial charge on any atom is -0.467 e. The lowest BCUT2D eigenvalue weighted by Crippen LogP contribution is -2.45. The van der Waals surface area contributed by atoms with Crippen molar-refractivity contribution < 1.29 is 14.3 Å². The first-order chi connectivity index (χ1) is 13.5. The number of amides is 1. The first-order valence-corrected chi connectivity index (χ1v) is 9.53. The van der Waals surface area contributed by atoms with E-state index in [0.29, 0.717) is 31.3 Å². The van der Waals surface area contributed by atoms with Crippen molar-refractivity contribution in [2.75, 3.05) is 38.6 Å². The average molecular weight is 385 g/mol. The van der Waals surface area contributed by atoms with E-state index in [9.17, 15) is 9.59 Å². The van der Waals surface area contributed by atoms with Gasteiger partial charge in [-0.15, -0.1) is 0 Å². The molecule has 1 N–H and O–H groups in total. The number of nitrogens with one attached hydrogen (secondary N) is 1. The Balaban J connectivity index is 1.87. The van der Waals surface area contributed by atoms with Gasteiger partial charge in [0.1, 0.15) is 17.7 Å². The van der Waals surface area contributed by atoms with Gasteiger partial charge in [-0.3, -0.25) is 9.69 Å². The Morgan fingerprint density at radius 1 is 1.21 bits per heavy atom. The van der Waals surface area contributed by atoms with Crippen LogP contribution in [-0.4, -0.2) is 71.5 Å². The third kappa shape index (κ3) is 4.56. The number of aromatic nitrogens is 2. The Morgan fingerprint density at radius 3 is 2.57 bits per heavy atom. The van der Waals surface area contributed by atoms with Crippen molar-refractivity contribution in [3.63, 3.8) is 0 Å². The van der Waals surface area contributed by atoms with E-state index in [2.05, 4.69) is 10.2 Å². The van der Waals surface area contributed by atoms with Crippen molar-refractivity contribution in [2.45, 2.75) is 26.4 Å². The lowest BCUT2D eigenvalue weighted by Gasteiger charge is -2.32. The maximum atomic E-state index is 12.2. The van der Waals surface area contributed by atoms with Crippen LogP contribution in [0.5, 0.6) is 0 Å². The molecule has 8 nitrogen and oxygen atoms in total. The van der Waals surface area contributed by atoms with Crippen LogP contribution in [0.1, 0.15) is 19.7 Å². The van der Waals surface area contributed by atoms with Crippen molar-refractivity contribution in [3.05, 3.63) is 30.1 Å². The molecule has 1 amide bonds. The molecule has 1 fully saturated rings. The van der Waals surface area contributed by atoms with Gasteiger partial charge in [0.05, 0.1) is 19.2 Å². The molecule has 28 heavy (non-hydrogen) atoms. The summed E-state index contributed by atoms with van der Waals surface area (Å²) in [6, 6.07) is 7.26. The highest BCUT2D eigenvalue weighted by Crippen LogP contribution is 2.23. The second-order valence-corrected chi connectivity index (χ2v) is 7.31. The lowest BCUT2D eigenvalue weighted by atomic mass is 10.0. The summed E-state index contributed by atoms with van der Waals surface area (Å²) in [6.07, 6.45) is 0.894. The highest BCUT2D eigenvalue weighted by atomic mass is 16.5.